The molecule has 1 heterocycles. The summed E-state index contributed by atoms with van der Waals surface area (Å²) in [6.45, 7) is 4.27. The summed E-state index contributed by atoms with van der Waals surface area (Å²) in [6.07, 6.45) is 0.511. The predicted octanol–water partition coefficient (Wildman–Crippen LogP) is 2.04. The Hall–Kier alpha value is -1.02. The lowest BCUT2D eigenvalue weighted by atomic mass is 9.89. The van der Waals surface area contributed by atoms with Crippen LogP contribution < -0.4 is 5.32 Å². The first-order valence-electron chi connectivity index (χ1n) is 5.21. The van der Waals surface area contributed by atoms with Gasteiger partial charge in [0.15, 0.2) is 0 Å². The number of para-hydroxylation sites is 1. The summed E-state index contributed by atoms with van der Waals surface area (Å²) < 4.78 is 0. The molecule has 1 aliphatic heterocycles. The molecule has 0 fully saturated rings. The van der Waals surface area contributed by atoms with Gasteiger partial charge in [0.2, 0.25) is 0 Å². The molecule has 14 heavy (non-hydrogen) atoms. The molecule has 2 heteroatoms. The number of hydrogen-bond acceptors (Lipinski definition) is 2. The number of nitrogens with one attached hydrogen (secondary N) is 1. The number of anilines is 1. The van der Waals surface area contributed by atoms with Gasteiger partial charge in [-0.05, 0) is 17.5 Å². The molecule has 0 aromatic heterocycles. The molecule has 2 nitrogen and oxygen atoms in total. The Balaban J connectivity index is 2.27. The molecule has 1 aliphatic rings. The molecular formula is C12H17NO. The Morgan fingerprint density at radius 1 is 1.36 bits per heavy atom. The maximum Gasteiger partial charge on any atom is 0.0784 e. The highest BCUT2D eigenvalue weighted by Crippen LogP contribution is 2.27. The maximum absolute atomic E-state index is 9.92. The van der Waals surface area contributed by atoms with E-state index in [1.165, 1.54) is 11.3 Å². The van der Waals surface area contributed by atoms with Crippen molar-refractivity contribution < 1.29 is 5.11 Å². The Labute approximate surface area is 85.0 Å². The first-order valence-corrected chi connectivity index (χ1v) is 5.21. The second kappa shape index (κ2) is 3.62. The van der Waals surface area contributed by atoms with E-state index >= 15 is 0 Å². The number of rotatable bonds is 1. The quantitative estimate of drug-likeness (QED) is 0.712. The minimum atomic E-state index is -0.259. The average Bonchev–Trinajstić information content (AvgIpc) is 2.16. The summed E-state index contributed by atoms with van der Waals surface area (Å²) in [5.41, 5.74) is 2.40. The van der Waals surface area contributed by atoms with Crippen LogP contribution in [0.25, 0.3) is 0 Å². The minimum absolute atomic E-state index is 0.185. The van der Waals surface area contributed by atoms with Gasteiger partial charge in [-0.2, -0.15) is 0 Å². The normalized spacial score (nSPS) is 25.7. The van der Waals surface area contributed by atoms with Gasteiger partial charge >= 0.3 is 0 Å². The Kier molecular flexibility index (Phi) is 2.46. The summed E-state index contributed by atoms with van der Waals surface area (Å²) in [5, 5.41) is 13.3. The summed E-state index contributed by atoms with van der Waals surface area (Å²) in [7, 11) is 0. The predicted molar refractivity (Wildman–Crippen MR) is 58.4 cm³/mol. The van der Waals surface area contributed by atoms with E-state index in [1.807, 2.05) is 12.1 Å². The fourth-order valence-corrected chi connectivity index (χ4v) is 2.08. The van der Waals surface area contributed by atoms with Gasteiger partial charge in [-0.25, -0.2) is 0 Å². The second-order valence-corrected chi connectivity index (χ2v) is 4.34. The third-order valence-electron chi connectivity index (χ3n) is 2.90. The van der Waals surface area contributed by atoms with Crippen molar-refractivity contribution in [1.82, 2.24) is 0 Å². The molecule has 0 saturated heterocycles. The number of fused-ring (bicyclic) bond motifs is 1. The van der Waals surface area contributed by atoms with Crippen LogP contribution in [0.5, 0.6) is 0 Å². The Morgan fingerprint density at radius 2 is 2.07 bits per heavy atom. The standard InChI is InChI=1S/C12H17NO/c1-8(2)12-11(14)7-9-5-3-4-6-10(9)13-12/h3-6,8,11-14H,7H2,1-2H3/t11-,12+/m1/s1. The van der Waals surface area contributed by atoms with Gasteiger partial charge < -0.3 is 10.4 Å². The van der Waals surface area contributed by atoms with Crippen molar-refractivity contribution in [2.24, 2.45) is 5.92 Å². The van der Waals surface area contributed by atoms with Crippen LogP contribution in [-0.4, -0.2) is 17.3 Å². The van der Waals surface area contributed by atoms with Crippen molar-refractivity contribution in [2.75, 3.05) is 5.32 Å². The first kappa shape index (κ1) is 9.53. The van der Waals surface area contributed by atoms with E-state index in [0.717, 1.165) is 6.42 Å². The van der Waals surface area contributed by atoms with Gasteiger partial charge in [-0.3, -0.25) is 0 Å². The highest BCUT2D eigenvalue weighted by molar-refractivity contribution is 5.54. The highest BCUT2D eigenvalue weighted by atomic mass is 16.3. The number of aliphatic hydroxyl groups excluding tert-OH is 1. The first-order chi connectivity index (χ1) is 6.68. The van der Waals surface area contributed by atoms with Crippen LogP contribution in [0.3, 0.4) is 0 Å². The largest absolute Gasteiger partial charge is 0.391 e. The topological polar surface area (TPSA) is 32.3 Å². The lowest BCUT2D eigenvalue weighted by Crippen LogP contribution is -2.42. The Morgan fingerprint density at radius 3 is 2.79 bits per heavy atom. The lowest BCUT2D eigenvalue weighted by molar-refractivity contribution is 0.129. The van der Waals surface area contributed by atoms with Crippen LogP contribution in [0.4, 0.5) is 5.69 Å². The molecule has 2 N–H and O–H groups in total. The number of benzene rings is 1. The molecular weight excluding hydrogens is 174 g/mol. The van der Waals surface area contributed by atoms with Gasteiger partial charge in [0, 0.05) is 12.1 Å². The zero-order valence-corrected chi connectivity index (χ0v) is 8.70. The molecule has 0 spiro atoms. The van der Waals surface area contributed by atoms with E-state index in [0.29, 0.717) is 5.92 Å². The van der Waals surface area contributed by atoms with E-state index in [9.17, 15) is 5.11 Å². The van der Waals surface area contributed by atoms with Crippen molar-refractivity contribution in [3.8, 4) is 0 Å². The van der Waals surface area contributed by atoms with Gasteiger partial charge in [0.25, 0.3) is 0 Å². The SMILES string of the molecule is CC(C)[C@@H]1Nc2ccccc2C[C@H]1O. The van der Waals surface area contributed by atoms with E-state index in [1.54, 1.807) is 0 Å². The zero-order chi connectivity index (χ0) is 10.1. The fourth-order valence-electron chi connectivity index (χ4n) is 2.08. The van der Waals surface area contributed by atoms with E-state index in [-0.39, 0.29) is 12.1 Å². The molecule has 76 valence electrons. The molecule has 0 radical (unpaired) electrons. The van der Waals surface area contributed by atoms with Crippen molar-refractivity contribution in [3.63, 3.8) is 0 Å². The van der Waals surface area contributed by atoms with Crippen molar-refractivity contribution in [1.29, 1.82) is 0 Å². The third-order valence-corrected chi connectivity index (χ3v) is 2.90. The van der Waals surface area contributed by atoms with Crippen LogP contribution in [0.1, 0.15) is 19.4 Å². The molecule has 2 rings (SSSR count). The smallest absolute Gasteiger partial charge is 0.0784 e. The van der Waals surface area contributed by atoms with Gasteiger partial charge in [-0.15, -0.1) is 0 Å². The van der Waals surface area contributed by atoms with Crippen molar-refractivity contribution >= 4 is 5.69 Å². The summed E-state index contributed by atoms with van der Waals surface area (Å²) >= 11 is 0. The Bertz CT molecular complexity index is 322. The van der Waals surface area contributed by atoms with Crippen LogP contribution in [-0.2, 0) is 6.42 Å². The third kappa shape index (κ3) is 1.62. The molecule has 0 aliphatic carbocycles. The van der Waals surface area contributed by atoms with Gasteiger partial charge in [0.1, 0.15) is 0 Å². The van der Waals surface area contributed by atoms with Crippen molar-refractivity contribution in [3.05, 3.63) is 29.8 Å². The van der Waals surface area contributed by atoms with Gasteiger partial charge in [0.05, 0.1) is 12.1 Å². The number of hydrogen-bond donors (Lipinski definition) is 2. The van der Waals surface area contributed by atoms with Crippen LogP contribution in [0.2, 0.25) is 0 Å². The minimum Gasteiger partial charge on any atom is -0.391 e. The molecule has 2 atom stereocenters. The summed E-state index contributed by atoms with van der Waals surface area (Å²) in [6, 6.07) is 8.38. The number of aliphatic hydroxyl groups is 1. The molecule has 0 bridgehead atoms. The molecule has 0 saturated carbocycles. The summed E-state index contributed by atoms with van der Waals surface area (Å²) in [4.78, 5) is 0. The van der Waals surface area contributed by atoms with E-state index in [4.69, 9.17) is 0 Å². The maximum atomic E-state index is 9.92. The fraction of sp³-hybridized carbons (Fsp3) is 0.500. The van der Waals surface area contributed by atoms with Crippen molar-refractivity contribution in [2.45, 2.75) is 32.4 Å². The molecule has 1 aromatic rings. The van der Waals surface area contributed by atoms with Crippen LogP contribution in [0.15, 0.2) is 24.3 Å². The zero-order valence-electron chi connectivity index (χ0n) is 8.70. The highest BCUT2D eigenvalue weighted by Gasteiger charge is 2.27. The molecule has 0 amide bonds. The molecule has 0 unspecified atom stereocenters. The van der Waals surface area contributed by atoms with Crippen LogP contribution >= 0.6 is 0 Å². The van der Waals surface area contributed by atoms with E-state index < -0.39 is 0 Å². The monoisotopic (exact) mass is 191 g/mol. The van der Waals surface area contributed by atoms with Crippen LogP contribution in [0, 0.1) is 5.92 Å². The van der Waals surface area contributed by atoms with E-state index in [2.05, 4.69) is 31.3 Å². The second-order valence-electron chi connectivity index (χ2n) is 4.34. The molecule has 1 aromatic carbocycles. The average molecular weight is 191 g/mol. The van der Waals surface area contributed by atoms with Gasteiger partial charge in [-0.1, -0.05) is 32.0 Å². The summed E-state index contributed by atoms with van der Waals surface area (Å²) in [5.74, 6) is 0.457. The lowest BCUT2D eigenvalue weighted by Gasteiger charge is -2.34.